The molecular formula is C29H24F6N2O2. The van der Waals surface area contributed by atoms with Crippen LogP contribution in [-0.2, 0) is 5.41 Å². The molecule has 204 valence electrons. The molecule has 10 heteroatoms. The van der Waals surface area contributed by atoms with Crippen LogP contribution in [0.2, 0.25) is 0 Å². The van der Waals surface area contributed by atoms with Crippen molar-refractivity contribution in [3.8, 4) is 23.0 Å². The second-order valence-corrected chi connectivity index (χ2v) is 9.16. The number of hydrogen-bond donors (Lipinski definition) is 2. The van der Waals surface area contributed by atoms with Crippen molar-refractivity contribution < 1.29 is 35.8 Å². The summed E-state index contributed by atoms with van der Waals surface area (Å²) < 4.78 is 101. The van der Waals surface area contributed by atoms with Crippen LogP contribution in [0.5, 0.6) is 23.0 Å². The third-order valence-electron chi connectivity index (χ3n) is 6.05. The molecule has 0 aromatic heterocycles. The summed E-state index contributed by atoms with van der Waals surface area (Å²) in [4.78, 5) is 0. The lowest BCUT2D eigenvalue weighted by Gasteiger charge is -2.39. The van der Waals surface area contributed by atoms with E-state index in [2.05, 4.69) is 0 Å². The minimum atomic E-state index is -5.79. The van der Waals surface area contributed by atoms with E-state index in [1.165, 1.54) is 74.5 Å². The molecule has 0 unspecified atom stereocenters. The quantitative estimate of drug-likeness (QED) is 0.188. The molecule has 0 heterocycles. The molecule has 0 atom stereocenters. The van der Waals surface area contributed by atoms with E-state index in [9.17, 15) is 26.3 Å². The van der Waals surface area contributed by atoms with Gasteiger partial charge in [-0.05, 0) is 109 Å². The SMILES string of the molecule is Cc1cc(Oc2ccc(N)cc2)cc(C(c2cc(C)cc(Oc3ccc(N)cc3)c2)(C(F)(F)F)C(F)(F)F)c1. The van der Waals surface area contributed by atoms with Gasteiger partial charge in [-0.1, -0.05) is 12.1 Å². The molecule has 39 heavy (non-hydrogen) atoms. The molecule has 0 aliphatic rings. The van der Waals surface area contributed by atoms with Gasteiger partial charge in [-0.3, -0.25) is 0 Å². The number of benzene rings is 4. The Bertz CT molecular complexity index is 1350. The van der Waals surface area contributed by atoms with Crippen molar-refractivity contribution in [3.63, 3.8) is 0 Å². The fraction of sp³-hybridized carbons (Fsp3) is 0.172. The molecule has 0 saturated carbocycles. The highest BCUT2D eigenvalue weighted by Crippen LogP contribution is 2.57. The van der Waals surface area contributed by atoms with Gasteiger partial charge in [0.1, 0.15) is 23.0 Å². The van der Waals surface area contributed by atoms with Crippen molar-refractivity contribution in [1.82, 2.24) is 0 Å². The monoisotopic (exact) mass is 546 g/mol. The Hall–Kier alpha value is -4.34. The smallest absolute Gasteiger partial charge is 0.411 e. The molecule has 4 rings (SSSR count). The van der Waals surface area contributed by atoms with Gasteiger partial charge < -0.3 is 20.9 Å². The number of nitrogens with two attached hydrogens (primary N) is 2. The molecule has 4 N–H and O–H groups in total. The Morgan fingerprint density at radius 3 is 1.13 bits per heavy atom. The zero-order chi connectivity index (χ0) is 28.6. The molecule has 0 spiro atoms. The van der Waals surface area contributed by atoms with Crippen LogP contribution >= 0.6 is 0 Å². The average molecular weight is 547 g/mol. The maximum atomic E-state index is 14.9. The summed E-state index contributed by atoms with van der Waals surface area (Å²) in [5, 5.41) is 0. The number of ether oxygens (including phenoxy) is 2. The minimum Gasteiger partial charge on any atom is -0.457 e. The lowest BCUT2D eigenvalue weighted by Crippen LogP contribution is -2.54. The van der Waals surface area contributed by atoms with Crippen LogP contribution in [0, 0.1) is 13.8 Å². The third kappa shape index (κ3) is 5.59. The molecule has 0 radical (unpaired) electrons. The lowest BCUT2D eigenvalue weighted by atomic mass is 9.72. The predicted octanol–water partition coefficient (Wildman–Crippen LogP) is 8.46. The molecule has 0 amide bonds. The van der Waals surface area contributed by atoms with Crippen LogP contribution < -0.4 is 20.9 Å². The Balaban J connectivity index is 1.91. The number of nitrogen functional groups attached to an aromatic ring is 2. The van der Waals surface area contributed by atoms with Crippen LogP contribution in [0.25, 0.3) is 0 Å². The average Bonchev–Trinajstić information content (AvgIpc) is 2.80. The van der Waals surface area contributed by atoms with E-state index < -0.39 is 28.9 Å². The van der Waals surface area contributed by atoms with Gasteiger partial charge in [0.25, 0.3) is 0 Å². The second-order valence-electron chi connectivity index (χ2n) is 9.16. The van der Waals surface area contributed by atoms with Gasteiger partial charge in [0.05, 0.1) is 0 Å². The largest absolute Gasteiger partial charge is 0.457 e. The van der Waals surface area contributed by atoms with Crippen LogP contribution in [0.1, 0.15) is 22.3 Å². The van der Waals surface area contributed by atoms with Gasteiger partial charge in [0.15, 0.2) is 0 Å². The molecule has 4 aromatic rings. The zero-order valence-electron chi connectivity index (χ0n) is 20.8. The first kappa shape index (κ1) is 27.7. The van der Waals surface area contributed by atoms with E-state index in [-0.39, 0.29) is 34.1 Å². The van der Waals surface area contributed by atoms with Gasteiger partial charge in [-0.25, -0.2) is 0 Å². The Morgan fingerprint density at radius 2 is 0.821 bits per heavy atom. The molecule has 0 fully saturated rings. The molecular weight excluding hydrogens is 522 g/mol. The van der Waals surface area contributed by atoms with Crippen molar-refractivity contribution >= 4 is 11.4 Å². The van der Waals surface area contributed by atoms with Crippen molar-refractivity contribution in [2.75, 3.05) is 11.5 Å². The molecule has 0 aliphatic heterocycles. The van der Waals surface area contributed by atoms with E-state index >= 15 is 0 Å². The van der Waals surface area contributed by atoms with E-state index in [0.717, 1.165) is 24.3 Å². The van der Waals surface area contributed by atoms with Crippen LogP contribution in [0.15, 0.2) is 84.9 Å². The number of aryl methyl sites for hydroxylation is 2. The first-order valence-corrected chi connectivity index (χ1v) is 11.6. The zero-order valence-corrected chi connectivity index (χ0v) is 20.8. The van der Waals surface area contributed by atoms with Crippen LogP contribution in [-0.4, -0.2) is 12.4 Å². The molecule has 0 aliphatic carbocycles. The van der Waals surface area contributed by atoms with Gasteiger partial charge in [0.2, 0.25) is 5.41 Å². The van der Waals surface area contributed by atoms with Gasteiger partial charge in [0, 0.05) is 11.4 Å². The first-order valence-electron chi connectivity index (χ1n) is 11.6. The maximum Gasteiger partial charge on any atom is 0.411 e. The van der Waals surface area contributed by atoms with Crippen LogP contribution in [0.3, 0.4) is 0 Å². The molecule has 4 nitrogen and oxygen atoms in total. The van der Waals surface area contributed by atoms with Crippen LogP contribution in [0.4, 0.5) is 37.7 Å². The summed E-state index contributed by atoms with van der Waals surface area (Å²) in [6, 6.07) is 17.8. The lowest BCUT2D eigenvalue weighted by molar-refractivity contribution is -0.288. The number of rotatable bonds is 6. The maximum absolute atomic E-state index is 14.9. The van der Waals surface area contributed by atoms with Gasteiger partial charge in [-0.15, -0.1) is 0 Å². The topological polar surface area (TPSA) is 70.5 Å². The predicted molar refractivity (Wildman–Crippen MR) is 137 cm³/mol. The number of halogens is 6. The Labute approximate surface area is 220 Å². The summed E-state index contributed by atoms with van der Waals surface area (Å²) in [6.07, 6.45) is -11.6. The fourth-order valence-electron chi connectivity index (χ4n) is 4.37. The highest BCUT2D eigenvalue weighted by Gasteiger charge is 2.72. The highest BCUT2D eigenvalue weighted by atomic mass is 19.4. The van der Waals surface area contributed by atoms with Crippen molar-refractivity contribution in [2.24, 2.45) is 0 Å². The second kappa shape index (κ2) is 10.1. The molecule has 0 saturated heterocycles. The number of anilines is 2. The normalized spacial score (nSPS) is 12.3. The van der Waals surface area contributed by atoms with Crippen molar-refractivity contribution in [2.45, 2.75) is 31.6 Å². The minimum absolute atomic E-state index is 0.141. The summed E-state index contributed by atoms with van der Waals surface area (Å²) in [5.41, 5.74) is 5.91. The first-order chi connectivity index (χ1) is 18.2. The van der Waals surface area contributed by atoms with Crippen molar-refractivity contribution in [1.29, 1.82) is 0 Å². The molecule has 4 aromatic carbocycles. The van der Waals surface area contributed by atoms with E-state index in [0.29, 0.717) is 11.4 Å². The van der Waals surface area contributed by atoms with Crippen molar-refractivity contribution in [3.05, 3.63) is 107 Å². The summed E-state index contributed by atoms with van der Waals surface area (Å²) in [5.74, 6) is -0.00231. The third-order valence-corrected chi connectivity index (χ3v) is 6.05. The Morgan fingerprint density at radius 1 is 0.487 bits per heavy atom. The molecule has 0 bridgehead atoms. The van der Waals surface area contributed by atoms with Gasteiger partial charge in [-0.2, -0.15) is 26.3 Å². The number of alkyl halides is 6. The summed E-state index contributed by atoms with van der Waals surface area (Å²) >= 11 is 0. The van der Waals surface area contributed by atoms with Gasteiger partial charge >= 0.3 is 12.4 Å². The van der Waals surface area contributed by atoms with E-state index in [4.69, 9.17) is 20.9 Å². The summed E-state index contributed by atoms with van der Waals surface area (Å²) in [7, 11) is 0. The van der Waals surface area contributed by atoms with E-state index in [1.807, 2.05) is 0 Å². The Kier molecular flexibility index (Phi) is 7.16. The summed E-state index contributed by atoms with van der Waals surface area (Å²) in [6.45, 7) is 2.78. The number of hydrogen-bond acceptors (Lipinski definition) is 4. The van der Waals surface area contributed by atoms with E-state index in [1.54, 1.807) is 0 Å². The fourth-order valence-corrected chi connectivity index (χ4v) is 4.37. The highest BCUT2D eigenvalue weighted by molar-refractivity contribution is 5.53. The standard InChI is InChI=1S/C29H24F6N2O2/c1-17-11-19(15-25(13-17)38-23-7-3-21(36)4-8-23)27(28(30,31)32,29(33,34)35)20-12-18(2)14-26(16-20)39-24-9-5-22(37)6-10-24/h3-16H,36-37H2,1-2H3.